The summed E-state index contributed by atoms with van der Waals surface area (Å²) in [6.45, 7) is 1.92. The highest BCUT2D eigenvalue weighted by Gasteiger charge is 2.04. The molecule has 2 rings (SSSR count). The van der Waals surface area contributed by atoms with Crippen molar-refractivity contribution in [1.82, 2.24) is 5.32 Å². The molecule has 1 N–H and O–H groups in total. The standard InChI is InChI=1S/C20H23NO3/c1-4-13-24-18-8-5-16(6-9-18)11-12-21-15-17-7-10-19(22-2)14-20(17)23-3/h1,5-10,14,21H,11-13,15H2,2-3H3. The lowest BCUT2D eigenvalue weighted by Crippen LogP contribution is -2.17. The maximum Gasteiger partial charge on any atom is 0.148 e. The van der Waals surface area contributed by atoms with E-state index in [1.54, 1.807) is 14.2 Å². The Morgan fingerprint density at radius 3 is 2.42 bits per heavy atom. The molecule has 0 spiro atoms. The van der Waals surface area contributed by atoms with E-state index in [4.69, 9.17) is 20.6 Å². The molecule has 4 heteroatoms. The SMILES string of the molecule is C#CCOc1ccc(CCNCc2ccc(OC)cc2OC)cc1. The van der Waals surface area contributed by atoms with Crippen molar-refractivity contribution in [1.29, 1.82) is 0 Å². The van der Waals surface area contributed by atoms with Gasteiger partial charge in [-0.25, -0.2) is 0 Å². The lowest BCUT2D eigenvalue weighted by atomic mass is 10.1. The summed E-state index contributed by atoms with van der Waals surface area (Å²) in [6, 6.07) is 13.9. The van der Waals surface area contributed by atoms with Crippen LogP contribution in [0.3, 0.4) is 0 Å². The largest absolute Gasteiger partial charge is 0.497 e. The Morgan fingerprint density at radius 2 is 1.75 bits per heavy atom. The second kappa shape index (κ2) is 9.49. The Hall–Kier alpha value is -2.64. The van der Waals surface area contributed by atoms with Gasteiger partial charge in [0.25, 0.3) is 0 Å². The molecule has 126 valence electrons. The molecule has 0 bridgehead atoms. The molecule has 0 atom stereocenters. The molecule has 2 aromatic carbocycles. The molecule has 0 amide bonds. The smallest absolute Gasteiger partial charge is 0.148 e. The van der Waals surface area contributed by atoms with Crippen molar-refractivity contribution in [2.24, 2.45) is 0 Å². The van der Waals surface area contributed by atoms with Gasteiger partial charge in [0.05, 0.1) is 14.2 Å². The Morgan fingerprint density at radius 1 is 1.00 bits per heavy atom. The van der Waals surface area contributed by atoms with Crippen LogP contribution in [0.4, 0.5) is 0 Å². The van der Waals surface area contributed by atoms with E-state index in [-0.39, 0.29) is 0 Å². The summed E-state index contributed by atoms with van der Waals surface area (Å²) in [5.41, 5.74) is 2.36. The van der Waals surface area contributed by atoms with Crippen molar-refractivity contribution in [2.45, 2.75) is 13.0 Å². The number of rotatable bonds is 9. The van der Waals surface area contributed by atoms with Gasteiger partial charge >= 0.3 is 0 Å². The normalized spacial score (nSPS) is 10.0. The number of terminal acetylenes is 1. The fourth-order valence-electron chi connectivity index (χ4n) is 2.33. The van der Waals surface area contributed by atoms with E-state index in [0.29, 0.717) is 6.61 Å². The van der Waals surface area contributed by atoms with Crippen molar-refractivity contribution >= 4 is 0 Å². The van der Waals surface area contributed by atoms with E-state index in [1.165, 1.54) is 5.56 Å². The van der Waals surface area contributed by atoms with Crippen LogP contribution in [0.5, 0.6) is 17.2 Å². The Labute approximate surface area is 143 Å². The maximum atomic E-state index is 5.40. The molecule has 0 heterocycles. The molecule has 0 fully saturated rings. The molecule has 0 saturated heterocycles. The van der Waals surface area contributed by atoms with Crippen LogP contribution in [0, 0.1) is 12.3 Å². The van der Waals surface area contributed by atoms with Crippen LogP contribution in [0.25, 0.3) is 0 Å². The zero-order chi connectivity index (χ0) is 17.2. The molecule has 0 aliphatic heterocycles. The van der Waals surface area contributed by atoms with Gasteiger partial charge in [0.2, 0.25) is 0 Å². The van der Waals surface area contributed by atoms with Crippen LogP contribution in [0.15, 0.2) is 42.5 Å². The summed E-state index contributed by atoms with van der Waals surface area (Å²) >= 11 is 0. The van der Waals surface area contributed by atoms with Gasteiger partial charge in [-0.1, -0.05) is 24.1 Å². The summed E-state index contributed by atoms with van der Waals surface area (Å²) in [6.07, 6.45) is 6.11. The molecule has 0 aliphatic carbocycles. The lowest BCUT2D eigenvalue weighted by Gasteiger charge is -2.11. The van der Waals surface area contributed by atoms with E-state index in [9.17, 15) is 0 Å². The Kier molecular flexibility index (Phi) is 7.00. The first kappa shape index (κ1) is 17.7. The van der Waals surface area contributed by atoms with Gasteiger partial charge in [-0.15, -0.1) is 6.42 Å². The first-order valence-corrected chi connectivity index (χ1v) is 7.83. The molecular weight excluding hydrogens is 302 g/mol. The van der Waals surface area contributed by atoms with E-state index < -0.39 is 0 Å². The monoisotopic (exact) mass is 325 g/mol. The third-order valence-electron chi connectivity index (χ3n) is 3.65. The average molecular weight is 325 g/mol. The highest BCUT2D eigenvalue weighted by molar-refractivity contribution is 5.40. The third kappa shape index (κ3) is 5.22. The van der Waals surface area contributed by atoms with Crippen LogP contribution in [0.2, 0.25) is 0 Å². The summed E-state index contributed by atoms with van der Waals surface area (Å²) in [7, 11) is 3.32. The zero-order valence-electron chi connectivity index (χ0n) is 14.2. The van der Waals surface area contributed by atoms with Crippen molar-refractivity contribution in [3.05, 3.63) is 53.6 Å². The van der Waals surface area contributed by atoms with Gasteiger partial charge in [0.15, 0.2) is 0 Å². The van der Waals surface area contributed by atoms with Gasteiger partial charge in [-0.3, -0.25) is 0 Å². The van der Waals surface area contributed by atoms with E-state index in [1.807, 2.05) is 30.3 Å². The van der Waals surface area contributed by atoms with Crippen molar-refractivity contribution in [3.8, 4) is 29.6 Å². The van der Waals surface area contributed by atoms with Gasteiger partial charge in [0, 0.05) is 18.2 Å². The van der Waals surface area contributed by atoms with Crippen LogP contribution < -0.4 is 19.5 Å². The molecule has 0 aromatic heterocycles. The highest BCUT2D eigenvalue weighted by atomic mass is 16.5. The van der Waals surface area contributed by atoms with Crippen molar-refractivity contribution in [2.75, 3.05) is 27.4 Å². The van der Waals surface area contributed by atoms with Gasteiger partial charge in [-0.2, -0.15) is 0 Å². The molecule has 0 aliphatic rings. The minimum atomic E-state index is 0.296. The minimum Gasteiger partial charge on any atom is -0.497 e. The highest BCUT2D eigenvalue weighted by Crippen LogP contribution is 2.24. The lowest BCUT2D eigenvalue weighted by molar-refractivity contribution is 0.370. The van der Waals surface area contributed by atoms with Crippen LogP contribution in [0.1, 0.15) is 11.1 Å². The minimum absolute atomic E-state index is 0.296. The van der Waals surface area contributed by atoms with Crippen molar-refractivity contribution < 1.29 is 14.2 Å². The van der Waals surface area contributed by atoms with E-state index >= 15 is 0 Å². The van der Waals surface area contributed by atoms with E-state index in [0.717, 1.165) is 42.3 Å². The molecule has 0 saturated carbocycles. The average Bonchev–Trinajstić information content (AvgIpc) is 2.64. The summed E-state index contributed by atoms with van der Waals surface area (Å²) in [5.74, 6) is 4.88. The number of benzene rings is 2. The molecule has 4 nitrogen and oxygen atoms in total. The number of methoxy groups -OCH3 is 2. The van der Waals surface area contributed by atoms with Crippen LogP contribution in [-0.4, -0.2) is 27.4 Å². The number of ether oxygens (including phenoxy) is 3. The number of hydrogen-bond donors (Lipinski definition) is 1. The second-order valence-electron chi connectivity index (χ2n) is 5.24. The third-order valence-corrected chi connectivity index (χ3v) is 3.65. The van der Waals surface area contributed by atoms with Gasteiger partial charge < -0.3 is 19.5 Å². The first-order valence-electron chi connectivity index (χ1n) is 7.83. The predicted octanol–water partition coefficient (Wildman–Crippen LogP) is 3.05. The Bertz CT molecular complexity index is 674. The summed E-state index contributed by atoms with van der Waals surface area (Å²) in [4.78, 5) is 0. The molecule has 0 unspecified atom stereocenters. The van der Waals surface area contributed by atoms with Crippen molar-refractivity contribution in [3.63, 3.8) is 0 Å². The Balaban J connectivity index is 1.79. The fourth-order valence-corrected chi connectivity index (χ4v) is 2.33. The molecule has 0 radical (unpaired) electrons. The van der Waals surface area contributed by atoms with Crippen LogP contribution in [-0.2, 0) is 13.0 Å². The number of hydrogen-bond acceptors (Lipinski definition) is 4. The van der Waals surface area contributed by atoms with Gasteiger partial charge in [0.1, 0.15) is 23.9 Å². The number of nitrogens with one attached hydrogen (secondary N) is 1. The summed E-state index contributed by atoms with van der Waals surface area (Å²) in [5, 5.41) is 3.43. The van der Waals surface area contributed by atoms with Crippen LogP contribution >= 0.6 is 0 Å². The topological polar surface area (TPSA) is 39.7 Å². The molecule has 2 aromatic rings. The maximum absolute atomic E-state index is 5.40. The quantitative estimate of drug-likeness (QED) is 0.568. The second-order valence-corrected chi connectivity index (χ2v) is 5.24. The van der Waals surface area contributed by atoms with Gasteiger partial charge in [-0.05, 0) is 36.7 Å². The fraction of sp³-hybridized carbons (Fsp3) is 0.300. The molecular formula is C20H23NO3. The summed E-state index contributed by atoms with van der Waals surface area (Å²) < 4.78 is 16.0. The molecule has 24 heavy (non-hydrogen) atoms. The zero-order valence-corrected chi connectivity index (χ0v) is 14.2. The first-order chi connectivity index (χ1) is 11.8. The predicted molar refractivity (Wildman–Crippen MR) is 95.7 cm³/mol. The van der Waals surface area contributed by atoms with E-state index in [2.05, 4.69) is 23.4 Å².